The Morgan fingerprint density at radius 1 is 1.33 bits per heavy atom. The Hall–Kier alpha value is -1.15. The van der Waals surface area contributed by atoms with Gasteiger partial charge in [-0.2, -0.15) is 0 Å². The molecule has 116 valence electrons. The minimum Gasteiger partial charge on any atom is -0.481 e. The lowest BCUT2D eigenvalue weighted by molar-refractivity contribution is -0.137. The predicted molar refractivity (Wildman–Crippen MR) is 91.3 cm³/mol. The van der Waals surface area contributed by atoms with E-state index in [1.54, 1.807) is 0 Å². The summed E-state index contributed by atoms with van der Waals surface area (Å²) < 4.78 is 1.07. The van der Waals surface area contributed by atoms with Crippen molar-refractivity contribution >= 4 is 40.2 Å². The van der Waals surface area contributed by atoms with Gasteiger partial charge in [-0.3, -0.25) is 9.59 Å². The summed E-state index contributed by atoms with van der Waals surface area (Å²) in [5, 5.41) is 14.5. The van der Waals surface area contributed by atoms with E-state index in [9.17, 15) is 9.59 Å². The number of amides is 1. The number of anilines is 1. The molecule has 5 nitrogen and oxygen atoms in total. The van der Waals surface area contributed by atoms with Crippen LogP contribution >= 0.6 is 22.6 Å². The lowest BCUT2D eigenvalue weighted by atomic mass is 10.0. The highest BCUT2D eigenvalue weighted by atomic mass is 127. The van der Waals surface area contributed by atoms with Crippen LogP contribution in [0.25, 0.3) is 0 Å². The van der Waals surface area contributed by atoms with Gasteiger partial charge in [0.1, 0.15) is 0 Å². The van der Waals surface area contributed by atoms with Crippen molar-refractivity contribution < 1.29 is 14.7 Å². The van der Waals surface area contributed by atoms with Crippen LogP contribution in [0.1, 0.15) is 26.2 Å². The van der Waals surface area contributed by atoms with E-state index in [4.69, 9.17) is 5.11 Å². The fraction of sp³-hybridized carbons (Fsp3) is 0.467. The van der Waals surface area contributed by atoms with Crippen LogP contribution in [0, 0.1) is 9.49 Å². The summed E-state index contributed by atoms with van der Waals surface area (Å²) >= 11 is 2.20. The van der Waals surface area contributed by atoms with Gasteiger partial charge in [-0.25, -0.2) is 0 Å². The molecule has 1 atom stereocenters. The molecule has 0 radical (unpaired) electrons. The molecule has 0 bridgehead atoms. The van der Waals surface area contributed by atoms with E-state index >= 15 is 0 Å². The Bertz CT molecular complexity index is 480. The predicted octanol–water partition coefficient (Wildman–Crippen LogP) is 2.71. The molecular weight excluding hydrogens is 383 g/mol. The summed E-state index contributed by atoms with van der Waals surface area (Å²) in [7, 11) is 0. The third-order valence-electron chi connectivity index (χ3n) is 3.06. The van der Waals surface area contributed by atoms with E-state index < -0.39 is 5.97 Å². The van der Waals surface area contributed by atoms with Crippen molar-refractivity contribution in [3.8, 4) is 0 Å². The van der Waals surface area contributed by atoms with Crippen molar-refractivity contribution in [2.24, 2.45) is 5.92 Å². The minimum atomic E-state index is -0.758. The van der Waals surface area contributed by atoms with Crippen LogP contribution in [0.15, 0.2) is 24.3 Å². The number of carbonyl (C=O) groups is 2. The SMILES string of the molecule is CC(CCNCC(=O)Nc1cccc(I)c1)CCC(=O)O. The molecular formula is C15H21IN2O3. The number of hydrogen-bond donors (Lipinski definition) is 3. The van der Waals surface area contributed by atoms with Gasteiger partial charge in [-0.05, 0) is 66.1 Å². The van der Waals surface area contributed by atoms with Crippen LogP contribution in [0.4, 0.5) is 5.69 Å². The van der Waals surface area contributed by atoms with Crippen molar-refractivity contribution in [1.29, 1.82) is 0 Å². The van der Waals surface area contributed by atoms with Crippen LogP contribution in [-0.4, -0.2) is 30.1 Å². The van der Waals surface area contributed by atoms with E-state index in [0.29, 0.717) is 18.9 Å². The zero-order valence-corrected chi connectivity index (χ0v) is 14.2. The van der Waals surface area contributed by atoms with Crippen LogP contribution in [0.3, 0.4) is 0 Å². The van der Waals surface area contributed by atoms with Crippen molar-refractivity contribution in [3.05, 3.63) is 27.8 Å². The average Bonchev–Trinajstić information content (AvgIpc) is 2.41. The van der Waals surface area contributed by atoms with Crippen molar-refractivity contribution in [2.75, 3.05) is 18.4 Å². The first kappa shape index (κ1) is 17.9. The number of carbonyl (C=O) groups excluding carboxylic acids is 1. The monoisotopic (exact) mass is 404 g/mol. The smallest absolute Gasteiger partial charge is 0.303 e. The second kappa shape index (κ2) is 9.73. The Morgan fingerprint density at radius 2 is 2.10 bits per heavy atom. The number of halogens is 1. The average molecular weight is 404 g/mol. The van der Waals surface area contributed by atoms with Gasteiger partial charge < -0.3 is 15.7 Å². The first-order valence-corrected chi connectivity index (χ1v) is 8.03. The topological polar surface area (TPSA) is 78.4 Å². The second-order valence-corrected chi connectivity index (χ2v) is 6.31. The van der Waals surface area contributed by atoms with E-state index in [1.165, 1.54) is 0 Å². The summed E-state index contributed by atoms with van der Waals surface area (Å²) in [4.78, 5) is 22.2. The minimum absolute atomic E-state index is 0.0739. The third-order valence-corrected chi connectivity index (χ3v) is 3.73. The first-order valence-electron chi connectivity index (χ1n) is 6.95. The number of carboxylic acid groups (broad SMARTS) is 1. The molecule has 3 N–H and O–H groups in total. The summed E-state index contributed by atoms with van der Waals surface area (Å²) in [6.45, 7) is 2.99. The molecule has 0 aliphatic heterocycles. The number of nitrogens with one attached hydrogen (secondary N) is 2. The second-order valence-electron chi connectivity index (χ2n) is 5.06. The van der Waals surface area contributed by atoms with Gasteiger partial charge in [-0.15, -0.1) is 0 Å². The molecule has 1 unspecified atom stereocenters. The Kier molecular flexibility index (Phi) is 8.29. The number of carboxylic acids is 1. The van der Waals surface area contributed by atoms with E-state index in [1.807, 2.05) is 31.2 Å². The third kappa shape index (κ3) is 8.67. The van der Waals surface area contributed by atoms with E-state index in [0.717, 1.165) is 15.7 Å². The van der Waals surface area contributed by atoms with Gasteiger partial charge >= 0.3 is 5.97 Å². The zero-order chi connectivity index (χ0) is 15.7. The normalized spacial score (nSPS) is 11.9. The molecule has 1 aromatic carbocycles. The van der Waals surface area contributed by atoms with Crippen molar-refractivity contribution in [3.63, 3.8) is 0 Å². The highest BCUT2D eigenvalue weighted by Crippen LogP contribution is 2.12. The summed E-state index contributed by atoms with van der Waals surface area (Å²) in [5.41, 5.74) is 0.795. The number of benzene rings is 1. The lowest BCUT2D eigenvalue weighted by Crippen LogP contribution is -2.29. The Morgan fingerprint density at radius 3 is 2.76 bits per heavy atom. The van der Waals surface area contributed by atoms with Crippen LogP contribution in [0.2, 0.25) is 0 Å². The van der Waals surface area contributed by atoms with E-state index in [2.05, 4.69) is 33.2 Å². The van der Waals surface area contributed by atoms with Gasteiger partial charge in [0.25, 0.3) is 0 Å². The van der Waals surface area contributed by atoms with Gasteiger partial charge in [0.15, 0.2) is 0 Å². The maximum Gasteiger partial charge on any atom is 0.303 e. The highest BCUT2D eigenvalue weighted by Gasteiger charge is 2.06. The van der Waals surface area contributed by atoms with Crippen molar-refractivity contribution in [1.82, 2.24) is 5.32 Å². The van der Waals surface area contributed by atoms with Gasteiger partial charge in [0.2, 0.25) is 5.91 Å². The fourth-order valence-electron chi connectivity index (χ4n) is 1.84. The Labute approximate surface area is 138 Å². The molecule has 6 heteroatoms. The fourth-order valence-corrected chi connectivity index (χ4v) is 2.38. The quantitative estimate of drug-likeness (QED) is 0.437. The number of hydrogen-bond acceptors (Lipinski definition) is 3. The van der Waals surface area contributed by atoms with Crippen LogP contribution < -0.4 is 10.6 Å². The number of aliphatic carboxylic acids is 1. The molecule has 0 spiro atoms. The van der Waals surface area contributed by atoms with Crippen molar-refractivity contribution in [2.45, 2.75) is 26.2 Å². The Balaban J connectivity index is 2.15. The van der Waals surface area contributed by atoms with E-state index in [-0.39, 0.29) is 18.9 Å². The van der Waals surface area contributed by atoms with Gasteiger partial charge in [0, 0.05) is 15.7 Å². The maximum absolute atomic E-state index is 11.7. The molecule has 0 saturated carbocycles. The summed E-state index contributed by atoms with van der Waals surface area (Å²) in [6.07, 6.45) is 1.74. The lowest BCUT2D eigenvalue weighted by Gasteiger charge is -2.11. The molecule has 1 amide bonds. The molecule has 1 rings (SSSR count). The zero-order valence-electron chi connectivity index (χ0n) is 12.1. The molecule has 0 saturated heterocycles. The molecule has 1 aromatic rings. The molecule has 0 aliphatic carbocycles. The summed E-state index contributed by atoms with van der Waals surface area (Å²) in [5.74, 6) is -0.491. The largest absolute Gasteiger partial charge is 0.481 e. The first-order chi connectivity index (χ1) is 9.97. The maximum atomic E-state index is 11.7. The van der Waals surface area contributed by atoms with Crippen LogP contribution in [0.5, 0.6) is 0 Å². The van der Waals surface area contributed by atoms with Gasteiger partial charge in [0.05, 0.1) is 6.54 Å². The van der Waals surface area contributed by atoms with Gasteiger partial charge in [-0.1, -0.05) is 13.0 Å². The molecule has 0 aromatic heterocycles. The molecule has 0 aliphatic rings. The molecule has 0 fully saturated rings. The molecule has 0 heterocycles. The number of rotatable bonds is 9. The summed E-state index contributed by atoms with van der Waals surface area (Å²) in [6, 6.07) is 7.63. The highest BCUT2D eigenvalue weighted by molar-refractivity contribution is 14.1. The standard InChI is InChI=1S/C15H21IN2O3/c1-11(5-6-15(20)21)7-8-17-10-14(19)18-13-4-2-3-12(16)9-13/h2-4,9,11,17H,5-8,10H2,1H3,(H,18,19)(H,20,21). The van der Waals surface area contributed by atoms with Crippen LogP contribution in [-0.2, 0) is 9.59 Å². The molecule has 21 heavy (non-hydrogen) atoms.